The molecule has 112 heavy (non-hydrogen) atoms. The van der Waals surface area contributed by atoms with Crippen molar-refractivity contribution in [3.8, 4) is 0 Å². The third-order valence-corrected chi connectivity index (χ3v) is 22.8. The van der Waals surface area contributed by atoms with Gasteiger partial charge in [-0.05, 0) is 81.8 Å². The van der Waals surface area contributed by atoms with Gasteiger partial charge in [0.05, 0.1) is 30.7 Å². The number of benzene rings is 2. The van der Waals surface area contributed by atoms with Gasteiger partial charge in [0, 0.05) is 57.9 Å². The molecule has 0 aromatic heterocycles. The Bertz CT molecular complexity index is 3650. The van der Waals surface area contributed by atoms with Gasteiger partial charge in [0.25, 0.3) is 5.91 Å². The predicted molar refractivity (Wildman–Crippen MR) is 416 cm³/mol. The lowest BCUT2D eigenvalue weighted by Gasteiger charge is -2.34. The van der Waals surface area contributed by atoms with Crippen LogP contribution in [-0.4, -0.2) is 238 Å². The van der Waals surface area contributed by atoms with Crippen molar-refractivity contribution >= 4 is 116 Å². The summed E-state index contributed by atoms with van der Waals surface area (Å²) in [5.41, 5.74) is 0.428. The molecule has 618 valence electrons. The SMILES string of the molecule is C=C1NC(=O)[C@H]([C@@H](C)CC)NC(=O)[C@@H]2CSSC[C@H](NC(=O)CCC(=O)O)C(=O)N[C@H](Cc3ccccc3)C(=O)N[C@H](C)C(=O)N[C@@H](C[C@@H](C)CC)C(=O)N[C@@H](C(=O)N[C@H](Cc3ccccc3)C(=O)N3CCC[C@H]3C(=O)N2)C(C)OC(=O)[C@H](CO)CC(=O)[C@H]([C@@H](C)OC)N(C)C(=O)[C@@H](CC)NC(=O)[C@H](C[C@H](C)CC)NC1=O. The van der Waals surface area contributed by atoms with E-state index in [1.54, 1.807) is 88.4 Å². The van der Waals surface area contributed by atoms with Crippen LogP contribution < -0.4 is 58.5 Å². The predicted octanol–water partition coefficient (Wildman–Crippen LogP) is 0.924. The first-order chi connectivity index (χ1) is 53.1. The normalized spacial score (nSPS) is 27.6. The van der Waals surface area contributed by atoms with Gasteiger partial charge in [0.1, 0.15) is 78.6 Å². The van der Waals surface area contributed by atoms with Crippen molar-refractivity contribution in [1.82, 2.24) is 68.3 Å². The summed E-state index contributed by atoms with van der Waals surface area (Å²) in [6, 6.07) is -1.82. The smallest absolute Gasteiger partial charge is 0.312 e. The highest BCUT2D eigenvalue weighted by atomic mass is 33.1. The third-order valence-electron chi connectivity index (χ3n) is 20.4. The van der Waals surface area contributed by atoms with Crippen molar-refractivity contribution in [2.24, 2.45) is 23.7 Å². The van der Waals surface area contributed by atoms with E-state index in [9.17, 15) is 63.0 Å². The van der Waals surface area contributed by atoms with E-state index >= 15 is 24.0 Å². The van der Waals surface area contributed by atoms with E-state index in [0.29, 0.717) is 24.0 Å². The van der Waals surface area contributed by atoms with E-state index in [4.69, 9.17) is 9.47 Å². The number of carboxylic acid groups (broad SMARTS) is 1. The van der Waals surface area contributed by atoms with Crippen molar-refractivity contribution in [3.05, 3.63) is 84.1 Å². The topological polar surface area (TPSA) is 471 Å². The maximum Gasteiger partial charge on any atom is 0.312 e. The van der Waals surface area contributed by atoms with Crippen molar-refractivity contribution in [2.45, 2.75) is 237 Å². The number of nitrogens with zero attached hydrogens (tertiary/aromatic N) is 2. The Labute approximate surface area is 661 Å². The minimum absolute atomic E-state index is 0.00216. The number of Topliss-reactive ketones (excluding diaryl/α,β-unsaturated/α-hetero) is 1. The number of rotatable bonds is 20. The number of hydrogen-bond acceptors (Lipinski definition) is 21. The first kappa shape index (κ1) is 93.1. The maximum atomic E-state index is 15.5. The fourth-order valence-electron chi connectivity index (χ4n) is 12.8. The van der Waals surface area contributed by atoms with Crippen molar-refractivity contribution in [1.29, 1.82) is 0 Å². The molecule has 1 unspecified atom stereocenters. The van der Waals surface area contributed by atoms with Gasteiger partial charge in [-0.3, -0.25) is 76.7 Å². The fraction of sp³-hybridized carbons (Fsp3) is 0.610. The summed E-state index contributed by atoms with van der Waals surface area (Å²) >= 11 is 0. The molecule has 3 fully saturated rings. The number of esters is 1. The Kier molecular flexibility index (Phi) is 38.1. The number of amides is 13. The Morgan fingerprint density at radius 1 is 0.625 bits per heavy atom. The number of methoxy groups -OCH3 is 1. The second-order valence-corrected chi connectivity index (χ2v) is 31.5. The zero-order valence-electron chi connectivity index (χ0n) is 65.8. The average molecular weight is 1600 g/mol. The number of fused-ring (bicyclic) bond motifs is 6. The molecular formula is C77H113N13O20S2. The quantitative estimate of drug-likeness (QED) is 0.0498. The highest BCUT2D eigenvalue weighted by Crippen LogP contribution is 2.27. The molecule has 13 amide bonds. The summed E-state index contributed by atoms with van der Waals surface area (Å²) < 4.78 is 11.6. The van der Waals surface area contributed by atoms with Gasteiger partial charge in [-0.15, -0.1) is 0 Å². The summed E-state index contributed by atoms with van der Waals surface area (Å²) in [5.74, 6) is -19.6. The number of ether oxygens (including phenoxy) is 2. The molecule has 3 aliphatic rings. The molecule has 2 bridgehead atoms. The van der Waals surface area contributed by atoms with Crippen LogP contribution >= 0.6 is 21.6 Å². The van der Waals surface area contributed by atoms with E-state index in [1.165, 1.54) is 39.8 Å². The third kappa shape index (κ3) is 28.0. The van der Waals surface area contributed by atoms with Crippen LogP contribution in [0.2, 0.25) is 0 Å². The number of cyclic esters (lactones) is 1. The Morgan fingerprint density at radius 3 is 1.75 bits per heavy atom. The monoisotopic (exact) mass is 1600 g/mol. The van der Waals surface area contributed by atoms with Crippen LogP contribution in [0, 0.1) is 23.7 Å². The second kappa shape index (κ2) is 45.9. The van der Waals surface area contributed by atoms with E-state index in [-0.39, 0.29) is 75.5 Å². The van der Waals surface area contributed by atoms with Gasteiger partial charge in [-0.1, -0.05) is 157 Å². The lowest BCUT2D eigenvalue weighted by molar-refractivity contribution is -0.160. The summed E-state index contributed by atoms with van der Waals surface area (Å²) in [6.07, 6.45) is -4.25. The molecule has 3 saturated heterocycles. The van der Waals surface area contributed by atoms with Gasteiger partial charge >= 0.3 is 11.9 Å². The van der Waals surface area contributed by atoms with Crippen LogP contribution in [0.5, 0.6) is 0 Å². The molecule has 35 heteroatoms. The van der Waals surface area contributed by atoms with E-state index in [2.05, 4.69) is 65.1 Å². The zero-order chi connectivity index (χ0) is 83.2. The molecule has 2 aromatic rings. The number of likely N-dealkylation sites (N-methyl/N-ethyl adjacent to an activating group) is 1. The lowest BCUT2D eigenvalue weighted by atomic mass is 9.94. The second-order valence-electron chi connectivity index (χ2n) is 29.0. The van der Waals surface area contributed by atoms with Crippen molar-refractivity contribution in [2.75, 3.05) is 38.8 Å². The number of carbonyl (C=O) groups excluding carboxylic acids is 15. The Balaban J connectivity index is 1.80. The summed E-state index contributed by atoms with van der Waals surface area (Å²) in [4.78, 5) is 235. The molecule has 2 aromatic carbocycles. The number of hydrogen-bond donors (Lipinski definition) is 13. The van der Waals surface area contributed by atoms with Gasteiger partial charge in [0.2, 0.25) is 70.9 Å². The van der Waals surface area contributed by atoms with Crippen molar-refractivity contribution < 1.29 is 96.4 Å². The van der Waals surface area contributed by atoms with Gasteiger partial charge in [-0.2, -0.15) is 0 Å². The molecule has 3 heterocycles. The molecule has 13 N–H and O–H groups in total. The summed E-state index contributed by atoms with van der Waals surface area (Å²) in [6.45, 7) is 18.7. The molecule has 3 aliphatic heterocycles. The summed E-state index contributed by atoms with van der Waals surface area (Å²) in [5, 5.41) is 49.5. The molecule has 33 nitrogen and oxygen atoms in total. The summed E-state index contributed by atoms with van der Waals surface area (Å²) in [7, 11) is 4.31. The maximum absolute atomic E-state index is 15.5. The minimum atomic E-state index is -2.02. The number of carbonyl (C=O) groups is 16. The number of aliphatic carboxylic acids is 1. The minimum Gasteiger partial charge on any atom is -0.481 e. The molecule has 0 radical (unpaired) electrons. The Morgan fingerprint density at radius 2 is 1.18 bits per heavy atom. The fourth-order valence-corrected chi connectivity index (χ4v) is 15.1. The standard InChI is InChI=1S/C77H113N13O20S2/c1-14-41(5)33-52-68(99)81-51(17-4)75(106)89(12)64(47(11)109-13)59(92)37-50(38-91)77(108)110-46(10)63-74(105)85-55(36-49-27-22-19-23-28-49)76(107)90-32-24-29-58(90)72(103)86-57(71(102)87-62(43(7)16-3)73(104)79-45(9)66(97)82-52)40-112-111-39-56(80-60(93)30-31-61(94)95)70(101)84-54(35-48-25-20-18-21-26-48)67(98)78-44(8)65(96)83-53(69(100)88-63)34-42(6)15-2/h18-23,25-28,41-44,46-47,50-58,62-64,91H,9,14-17,24,29-40H2,1-8,10-13H3,(H,78,98)(H,79,104)(H,80,93)(H,81,99)(H,82,97)(H,83,96)(H,84,101)(H,85,105)(H,86,103)(H,87,102)(H,88,100)(H,94,95)/t41-,42+,43+,44-,46?,47-,50+,51-,52+,53+,54-,55-,56+,57+,58+,62+,63-,64+/m1/s1. The van der Waals surface area contributed by atoms with Crippen LogP contribution in [0.25, 0.3) is 0 Å². The number of aliphatic hydroxyl groups is 1. The average Bonchev–Trinajstić information content (AvgIpc) is 1.43. The molecular weight excluding hydrogens is 1490 g/mol. The van der Waals surface area contributed by atoms with Crippen LogP contribution in [0.15, 0.2) is 72.9 Å². The van der Waals surface area contributed by atoms with E-state index in [0.717, 1.165) is 26.5 Å². The van der Waals surface area contributed by atoms with E-state index in [1.807, 2.05) is 20.8 Å². The number of carboxylic acids is 1. The van der Waals surface area contributed by atoms with E-state index < -0.39 is 228 Å². The highest BCUT2D eigenvalue weighted by molar-refractivity contribution is 8.76. The van der Waals surface area contributed by atoms with Gasteiger partial charge in [-0.25, -0.2) is 0 Å². The molecule has 5 rings (SSSR count). The molecule has 18 atom stereocenters. The van der Waals surface area contributed by atoms with Gasteiger partial charge in [0.15, 0.2) is 5.78 Å². The highest BCUT2D eigenvalue weighted by Gasteiger charge is 2.45. The first-order valence-corrected chi connectivity index (χ1v) is 40.6. The van der Waals surface area contributed by atoms with Crippen LogP contribution in [0.1, 0.15) is 151 Å². The lowest BCUT2D eigenvalue weighted by Crippen LogP contribution is -2.62. The number of nitrogens with one attached hydrogen (secondary N) is 11. The largest absolute Gasteiger partial charge is 0.481 e. The van der Waals surface area contributed by atoms with Crippen LogP contribution in [0.4, 0.5) is 0 Å². The zero-order valence-corrected chi connectivity index (χ0v) is 67.5. The van der Waals surface area contributed by atoms with Crippen molar-refractivity contribution in [3.63, 3.8) is 0 Å². The van der Waals surface area contributed by atoms with Crippen LogP contribution in [0.3, 0.4) is 0 Å². The van der Waals surface area contributed by atoms with Gasteiger partial charge < -0.3 is 88.0 Å². The number of aliphatic hydroxyl groups excluding tert-OH is 1. The Hall–Kier alpha value is -9.48. The van der Waals surface area contributed by atoms with Crippen LogP contribution in [-0.2, 0) is 99.0 Å². The first-order valence-electron chi connectivity index (χ1n) is 38.1. The number of ketones is 1. The molecule has 0 saturated carbocycles. The molecule has 0 aliphatic carbocycles. The molecule has 0 spiro atoms.